The maximum absolute atomic E-state index is 2.48. The molecular weight excluding hydrogens is 749 g/mol. The van der Waals surface area contributed by atoms with Gasteiger partial charge in [-0.05, 0) is 122 Å². The lowest BCUT2D eigenvalue weighted by Gasteiger charge is -2.28. The van der Waals surface area contributed by atoms with Crippen LogP contribution in [-0.2, 0) is 10.8 Å². The lowest BCUT2D eigenvalue weighted by atomic mass is 9.81. The van der Waals surface area contributed by atoms with Crippen LogP contribution in [0.25, 0.3) is 72.0 Å². The first-order valence-electron chi connectivity index (χ1n) is 21.8. The highest BCUT2D eigenvalue weighted by Crippen LogP contribution is 2.54. The molecule has 0 radical (unpaired) electrons. The Bertz CT molecular complexity index is 3330. The second-order valence-electron chi connectivity index (χ2n) is 18.2. The third-order valence-electron chi connectivity index (χ3n) is 14.0. The van der Waals surface area contributed by atoms with E-state index >= 15 is 0 Å². The number of hydrogen-bond acceptors (Lipinski definition) is 1. The SMILES string of the molecule is CC1(C)c2ccccc2-c2ccc(-c3ccc(N(c4ccc(-c5ccccc5)cc4)c4ccc5c(c4)C(C)(C)c4cccc(-n6c7ccccc7c7ccccc76)c4-5)cc3)cc21. The van der Waals surface area contributed by atoms with Crippen molar-refractivity contribution in [2.75, 3.05) is 4.90 Å². The molecule has 12 rings (SSSR count). The molecule has 62 heavy (non-hydrogen) atoms. The number of fused-ring (bicyclic) bond motifs is 9. The van der Waals surface area contributed by atoms with E-state index in [9.17, 15) is 0 Å². The summed E-state index contributed by atoms with van der Waals surface area (Å²) in [7, 11) is 0. The van der Waals surface area contributed by atoms with Crippen LogP contribution >= 0.6 is 0 Å². The first kappa shape index (κ1) is 36.4. The number of anilines is 3. The normalized spacial score (nSPS) is 14.1. The number of hydrogen-bond donors (Lipinski definition) is 0. The molecule has 0 atom stereocenters. The highest BCUT2D eigenvalue weighted by molar-refractivity contribution is 6.10. The van der Waals surface area contributed by atoms with Crippen molar-refractivity contribution < 1.29 is 0 Å². The van der Waals surface area contributed by atoms with E-state index in [1.807, 2.05) is 0 Å². The van der Waals surface area contributed by atoms with Gasteiger partial charge in [-0.3, -0.25) is 0 Å². The zero-order valence-corrected chi connectivity index (χ0v) is 35.5. The topological polar surface area (TPSA) is 8.17 Å². The van der Waals surface area contributed by atoms with Crippen LogP contribution in [0.3, 0.4) is 0 Å². The summed E-state index contributed by atoms with van der Waals surface area (Å²) in [6.07, 6.45) is 0. The lowest BCUT2D eigenvalue weighted by molar-refractivity contribution is 0.660. The van der Waals surface area contributed by atoms with Crippen LogP contribution in [0.15, 0.2) is 206 Å². The molecule has 0 N–H and O–H groups in total. The zero-order chi connectivity index (χ0) is 41.7. The Labute approximate surface area is 364 Å². The van der Waals surface area contributed by atoms with Crippen molar-refractivity contribution in [2.24, 2.45) is 0 Å². The summed E-state index contributed by atoms with van der Waals surface area (Å²) in [5.41, 5.74) is 22.5. The standard InChI is InChI=1S/C60H46N2/c1-59(2)51-20-11-8-17-46(51)47-35-29-42(37-53(47)59)41-27-32-44(33-28-41)61(43-30-25-40(26-31-43)39-15-6-5-7-16-39)45-34-36-50-54(38-45)60(3,4)52-21-14-24-57(58(50)52)62-55-22-12-9-18-48(55)49-19-10-13-23-56(49)62/h5-38H,1-4H3. The van der Waals surface area contributed by atoms with Crippen LogP contribution < -0.4 is 4.90 Å². The second-order valence-corrected chi connectivity index (χ2v) is 18.2. The molecule has 2 heteroatoms. The number of rotatable bonds is 6. The minimum absolute atomic E-state index is 0.0458. The van der Waals surface area contributed by atoms with E-state index in [4.69, 9.17) is 0 Å². The number of para-hydroxylation sites is 2. The average Bonchev–Trinajstić information content (AvgIpc) is 3.86. The fourth-order valence-electron chi connectivity index (χ4n) is 10.8. The Kier molecular flexibility index (Phi) is 7.96. The van der Waals surface area contributed by atoms with Gasteiger partial charge >= 0.3 is 0 Å². The van der Waals surface area contributed by atoms with Crippen molar-refractivity contribution in [1.29, 1.82) is 0 Å². The lowest BCUT2D eigenvalue weighted by Crippen LogP contribution is -2.16. The van der Waals surface area contributed by atoms with Gasteiger partial charge in [0.05, 0.1) is 16.7 Å². The third kappa shape index (κ3) is 5.36. The highest BCUT2D eigenvalue weighted by atomic mass is 15.1. The molecule has 0 amide bonds. The molecular formula is C60H46N2. The number of nitrogens with zero attached hydrogens (tertiary/aromatic N) is 2. The molecule has 296 valence electrons. The van der Waals surface area contributed by atoms with Gasteiger partial charge in [-0.1, -0.05) is 173 Å². The molecule has 1 heterocycles. The molecule has 0 saturated heterocycles. The number of benzene rings is 9. The minimum Gasteiger partial charge on any atom is -0.310 e. The summed E-state index contributed by atoms with van der Waals surface area (Å²) in [5.74, 6) is 0. The van der Waals surface area contributed by atoms with Crippen LogP contribution in [0.2, 0.25) is 0 Å². The van der Waals surface area contributed by atoms with E-state index < -0.39 is 0 Å². The molecule has 10 aromatic rings. The quantitative estimate of drug-likeness (QED) is 0.163. The zero-order valence-electron chi connectivity index (χ0n) is 35.5. The van der Waals surface area contributed by atoms with Gasteiger partial charge in [0.2, 0.25) is 0 Å². The Morgan fingerprint density at radius 1 is 0.339 bits per heavy atom. The van der Waals surface area contributed by atoms with Crippen LogP contribution in [-0.4, -0.2) is 4.57 Å². The summed E-state index contributed by atoms with van der Waals surface area (Å²) in [6, 6.07) is 76.4. The molecule has 0 fully saturated rings. The summed E-state index contributed by atoms with van der Waals surface area (Å²) >= 11 is 0. The molecule has 0 unspecified atom stereocenters. The van der Waals surface area contributed by atoms with E-state index in [0.29, 0.717) is 0 Å². The van der Waals surface area contributed by atoms with Crippen LogP contribution in [0.1, 0.15) is 49.9 Å². The average molecular weight is 795 g/mol. The molecule has 2 aliphatic carbocycles. The van der Waals surface area contributed by atoms with Crippen LogP contribution in [0, 0.1) is 0 Å². The van der Waals surface area contributed by atoms with Gasteiger partial charge in [-0.2, -0.15) is 0 Å². The fraction of sp³-hybridized carbons (Fsp3) is 0.100. The molecule has 9 aromatic carbocycles. The summed E-state index contributed by atoms with van der Waals surface area (Å²) < 4.78 is 2.48. The van der Waals surface area contributed by atoms with E-state index in [1.165, 1.54) is 94.3 Å². The number of aromatic nitrogens is 1. The van der Waals surface area contributed by atoms with Crippen LogP contribution in [0.4, 0.5) is 17.1 Å². The molecule has 0 saturated carbocycles. The maximum atomic E-state index is 2.48. The smallest absolute Gasteiger partial charge is 0.0543 e. The highest BCUT2D eigenvalue weighted by Gasteiger charge is 2.38. The molecule has 2 nitrogen and oxygen atoms in total. The maximum Gasteiger partial charge on any atom is 0.0543 e. The van der Waals surface area contributed by atoms with E-state index in [0.717, 1.165) is 17.1 Å². The predicted molar refractivity (Wildman–Crippen MR) is 261 cm³/mol. The van der Waals surface area contributed by atoms with Crippen LogP contribution in [0.5, 0.6) is 0 Å². The van der Waals surface area contributed by atoms with Crippen molar-refractivity contribution in [3.05, 3.63) is 229 Å². The van der Waals surface area contributed by atoms with Crippen molar-refractivity contribution in [1.82, 2.24) is 4.57 Å². The first-order valence-corrected chi connectivity index (χ1v) is 21.8. The van der Waals surface area contributed by atoms with Gasteiger partial charge in [0, 0.05) is 44.2 Å². The Balaban J connectivity index is 0.980. The third-order valence-corrected chi connectivity index (χ3v) is 14.0. The van der Waals surface area contributed by atoms with Gasteiger partial charge in [0.15, 0.2) is 0 Å². The monoisotopic (exact) mass is 794 g/mol. The molecule has 1 aromatic heterocycles. The van der Waals surface area contributed by atoms with E-state index in [-0.39, 0.29) is 10.8 Å². The van der Waals surface area contributed by atoms with Gasteiger partial charge in [0.25, 0.3) is 0 Å². The predicted octanol–water partition coefficient (Wildman–Crippen LogP) is 16.2. The van der Waals surface area contributed by atoms with Crippen molar-refractivity contribution in [3.63, 3.8) is 0 Å². The molecule has 0 spiro atoms. The van der Waals surface area contributed by atoms with Crippen molar-refractivity contribution in [2.45, 2.75) is 38.5 Å². The molecule has 0 bridgehead atoms. The summed E-state index contributed by atoms with van der Waals surface area (Å²) in [6.45, 7) is 9.49. The van der Waals surface area contributed by atoms with Crippen molar-refractivity contribution in [3.8, 4) is 50.2 Å². The molecule has 2 aliphatic rings. The van der Waals surface area contributed by atoms with Gasteiger partial charge in [0.1, 0.15) is 0 Å². The largest absolute Gasteiger partial charge is 0.310 e. The summed E-state index contributed by atoms with van der Waals surface area (Å²) in [5, 5.41) is 2.55. The fourth-order valence-corrected chi connectivity index (χ4v) is 10.8. The summed E-state index contributed by atoms with van der Waals surface area (Å²) in [4.78, 5) is 2.42. The van der Waals surface area contributed by atoms with Crippen molar-refractivity contribution >= 4 is 38.9 Å². The second kappa shape index (κ2) is 13.5. The Morgan fingerprint density at radius 3 is 1.52 bits per heavy atom. The van der Waals surface area contributed by atoms with Gasteiger partial charge < -0.3 is 9.47 Å². The molecule has 0 aliphatic heterocycles. The van der Waals surface area contributed by atoms with Gasteiger partial charge in [-0.15, -0.1) is 0 Å². The van der Waals surface area contributed by atoms with E-state index in [2.05, 4.69) is 243 Å². The van der Waals surface area contributed by atoms with E-state index in [1.54, 1.807) is 0 Å². The minimum atomic E-state index is -0.219. The first-order chi connectivity index (χ1) is 30.3. The Morgan fingerprint density at radius 2 is 0.823 bits per heavy atom. The Hall–Kier alpha value is -7.42. The van der Waals surface area contributed by atoms with Gasteiger partial charge in [-0.25, -0.2) is 0 Å².